The third-order valence-electron chi connectivity index (χ3n) is 3.36. The summed E-state index contributed by atoms with van der Waals surface area (Å²) in [4.78, 5) is 12.9. The van der Waals surface area contributed by atoms with Crippen LogP contribution in [0.4, 0.5) is 5.95 Å². The Hall–Kier alpha value is -1.97. The Bertz CT molecular complexity index is 549. The van der Waals surface area contributed by atoms with Crippen molar-refractivity contribution in [2.45, 2.75) is 33.1 Å². The second-order valence-electron chi connectivity index (χ2n) is 5.44. The summed E-state index contributed by atoms with van der Waals surface area (Å²) < 4.78 is 0. The van der Waals surface area contributed by atoms with Crippen LogP contribution in [0, 0.1) is 13.8 Å². The van der Waals surface area contributed by atoms with Crippen molar-refractivity contribution in [2.24, 2.45) is 0 Å². The van der Waals surface area contributed by atoms with Gasteiger partial charge in [-0.05, 0) is 31.0 Å². The summed E-state index contributed by atoms with van der Waals surface area (Å²) in [6, 6.07) is 4.06. The van der Waals surface area contributed by atoms with Gasteiger partial charge in [0.05, 0.1) is 0 Å². The first-order valence-corrected chi connectivity index (χ1v) is 6.44. The lowest BCUT2D eigenvalue weighted by atomic mass is 9.86. The van der Waals surface area contributed by atoms with Gasteiger partial charge in [-0.15, -0.1) is 0 Å². The maximum absolute atomic E-state index is 4.43. The van der Waals surface area contributed by atoms with E-state index in [4.69, 9.17) is 0 Å². The number of nitrogens with zero attached hydrogens (tertiary/aromatic N) is 3. The molecule has 0 fully saturated rings. The fourth-order valence-electron chi connectivity index (χ4n) is 1.78. The van der Waals surface area contributed by atoms with E-state index in [0.717, 1.165) is 17.8 Å². The molecule has 2 heterocycles. The number of rotatable bonds is 4. The van der Waals surface area contributed by atoms with Gasteiger partial charge >= 0.3 is 0 Å². The standard InChI is InChI=1S/C15H20N4/c1-11-8-17-14(19-12(11)2)18-10-15(3,4)13-6-5-7-16-9-13/h5-9H,10H2,1-4H3,(H,17,18,19). The monoisotopic (exact) mass is 256 g/mol. The number of pyridine rings is 1. The van der Waals surface area contributed by atoms with Crippen LogP contribution >= 0.6 is 0 Å². The molecule has 0 aliphatic carbocycles. The molecule has 0 aliphatic rings. The van der Waals surface area contributed by atoms with Crippen LogP contribution in [0.1, 0.15) is 30.7 Å². The lowest BCUT2D eigenvalue weighted by Crippen LogP contribution is -2.28. The van der Waals surface area contributed by atoms with Crippen LogP contribution in [-0.4, -0.2) is 21.5 Å². The fraction of sp³-hybridized carbons (Fsp3) is 0.400. The summed E-state index contributed by atoms with van der Waals surface area (Å²) in [6.07, 6.45) is 5.55. The van der Waals surface area contributed by atoms with E-state index in [1.165, 1.54) is 5.56 Å². The van der Waals surface area contributed by atoms with Crippen molar-refractivity contribution in [1.82, 2.24) is 15.0 Å². The maximum atomic E-state index is 4.43. The van der Waals surface area contributed by atoms with Gasteiger partial charge in [0, 0.05) is 36.2 Å². The van der Waals surface area contributed by atoms with Gasteiger partial charge in [-0.3, -0.25) is 4.98 Å². The lowest BCUT2D eigenvalue weighted by molar-refractivity contribution is 0.552. The number of anilines is 1. The third-order valence-corrected chi connectivity index (χ3v) is 3.36. The van der Waals surface area contributed by atoms with Gasteiger partial charge in [-0.25, -0.2) is 9.97 Å². The minimum atomic E-state index is -0.0174. The molecule has 0 bridgehead atoms. The number of aryl methyl sites for hydroxylation is 2. The number of hydrogen-bond donors (Lipinski definition) is 1. The molecule has 0 spiro atoms. The molecule has 4 nitrogen and oxygen atoms in total. The van der Waals surface area contributed by atoms with Gasteiger partial charge in [0.25, 0.3) is 0 Å². The fourth-order valence-corrected chi connectivity index (χ4v) is 1.78. The second-order valence-corrected chi connectivity index (χ2v) is 5.44. The van der Waals surface area contributed by atoms with Crippen LogP contribution in [0.3, 0.4) is 0 Å². The van der Waals surface area contributed by atoms with Crippen LogP contribution in [0.15, 0.2) is 30.7 Å². The highest BCUT2D eigenvalue weighted by molar-refractivity contribution is 5.31. The highest BCUT2D eigenvalue weighted by atomic mass is 15.1. The molecule has 0 atom stereocenters. The number of nitrogens with one attached hydrogen (secondary N) is 1. The average Bonchev–Trinajstić information content (AvgIpc) is 2.41. The highest BCUT2D eigenvalue weighted by Crippen LogP contribution is 2.22. The van der Waals surface area contributed by atoms with Gasteiger partial charge in [-0.1, -0.05) is 19.9 Å². The second kappa shape index (κ2) is 5.34. The minimum absolute atomic E-state index is 0.0174. The average molecular weight is 256 g/mol. The number of aromatic nitrogens is 3. The van der Waals surface area contributed by atoms with E-state index in [-0.39, 0.29) is 5.41 Å². The van der Waals surface area contributed by atoms with E-state index >= 15 is 0 Å². The van der Waals surface area contributed by atoms with Gasteiger partial charge in [-0.2, -0.15) is 0 Å². The van der Waals surface area contributed by atoms with E-state index in [1.807, 2.05) is 32.3 Å². The first-order chi connectivity index (χ1) is 8.99. The first-order valence-electron chi connectivity index (χ1n) is 6.44. The molecular weight excluding hydrogens is 236 g/mol. The normalized spacial score (nSPS) is 11.4. The van der Waals surface area contributed by atoms with Gasteiger partial charge in [0.15, 0.2) is 0 Å². The Labute approximate surface area is 114 Å². The molecule has 100 valence electrons. The molecule has 0 aromatic carbocycles. The van der Waals surface area contributed by atoms with Crippen LogP contribution in [0.5, 0.6) is 0 Å². The van der Waals surface area contributed by atoms with Gasteiger partial charge in [0.1, 0.15) is 0 Å². The van der Waals surface area contributed by atoms with Crippen LogP contribution in [0.2, 0.25) is 0 Å². The Morgan fingerprint density at radius 3 is 2.63 bits per heavy atom. The molecule has 19 heavy (non-hydrogen) atoms. The van der Waals surface area contributed by atoms with Gasteiger partial charge in [0.2, 0.25) is 5.95 Å². The van der Waals surface area contributed by atoms with E-state index in [1.54, 1.807) is 6.20 Å². The first kappa shape index (κ1) is 13.5. The predicted octanol–water partition coefficient (Wildman–Crippen LogP) is 2.88. The molecule has 2 aromatic rings. The minimum Gasteiger partial charge on any atom is -0.353 e. The molecule has 4 heteroatoms. The Kier molecular flexibility index (Phi) is 3.79. The predicted molar refractivity (Wildman–Crippen MR) is 77.3 cm³/mol. The van der Waals surface area contributed by atoms with Crippen molar-refractivity contribution in [3.05, 3.63) is 47.5 Å². The van der Waals surface area contributed by atoms with Crippen molar-refractivity contribution in [1.29, 1.82) is 0 Å². The molecule has 0 unspecified atom stereocenters. The Balaban J connectivity index is 2.07. The van der Waals surface area contributed by atoms with E-state index in [0.29, 0.717) is 5.95 Å². The molecule has 2 aromatic heterocycles. The zero-order valence-corrected chi connectivity index (χ0v) is 11.9. The smallest absolute Gasteiger partial charge is 0.222 e. The molecule has 2 rings (SSSR count). The highest BCUT2D eigenvalue weighted by Gasteiger charge is 2.20. The summed E-state index contributed by atoms with van der Waals surface area (Å²) in [7, 11) is 0. The molecule has 0 saturated carbocycles. The SMILES string of the molecule is Cc1cnc(NCC(C)(C)c2cccnc2)nc1C. The Morgan fingerprint density at radius 2 is 2.00 bits per heavy atom. The van der Waals surface area contributed by atoms with Crippen LogP contribution < -0.4 is 5.32 Å². The van der Waals surface area contributed by atoms with Gasteiger partial charge < -0.3 is 5.32 Å². The molecule has 0 amide bonds. The zero-order chi connectivity index (χ0) is 13.9. The van der Waals surface area contributed by atoms with E-state index in [9.17, 15) is 0 Å². The third kappa shape index (κ3) is 3.28. The van der Waals surface area contributed by atoms with Crippen molar-refractivity contribution in [3.8, 4) is 0 Å². The summed E-state index contributed by atoms with van der Waals surface area (Å²) in [6.45, 7) is 9.13. The maximum Gasteiger partial charge on any atom is 0.222 e. The quantitative estimate of drug-likeness (QED) is 0.914. The largest absolute Gasteiger partial charge is 0.353 e. The summed E-state index contributed by atoms with van der Waals surface area (Å²) in [5.41, 5.74) is 3.30. The Morgan fingerprint density at radius 1 is 1.21 bits per heavy atom. The van der Waals surface area contributed by atoms with Crippen LogP contribution in [0.25, 0.3) is 0 Å². The topological polar surface area (TPSA) is 50.7 Å². The zero-order valence-electron chi connectivity index (χ0n) is 11.9. The van der Waals surface area contributed by atoms with Crippen LogP contribution in [-0.2, 0) is 5.41 Å². The van der Waals surface area contributed by atoms with E-state index < -0.39 is 0 Å². The van der Waals surface area contributed by atoms with Crippen molar-refractivity contribution >= 4 is 5.95 Å². The summed E-state index contributed by atoms with van der Waals surface area (Å²) in [5, 5.41) is 3.30. The van der Waals surface area contributed by atoms with Crippen molar-refractivity contribution in [3.63, 3.8) is 0 Å². The summed E-state index contributed by atoms with van der Waals surface area (Å²) in [5.74, 6) is 0.681. The van der Waals surface area contributed by atoms with E-state index in [2.05, 4.69) is 40.2 Å². The number of hydrogen-bond acceptors (Lipinski definition) is 4. The molecular formula is C15H20N4. The van der Waals surface area contributed by atoms with Crippen molar-refractivity contribution in [2.75, 3.05) is 11.9 Å². The lowest BCUT2D eigenvalue weighted by Gasteiger charge is -2.25. The summed E-state index contributed by atoms with van der Waals surface area (Å²) >= 11 is 0. The molecule has 0 radical (unpaired) electrons. The molecule has 0 saturated heterocycles. The molecule has 0 aliphatic heterocycles. The molecule has 1 N–H and O–H groups in total. The van der Waals surface area contributed by atoms with Crippen molar-refractivity contribution < 1.29 is 0 Å².